The lowest BCUT2D eigenvalue weighted by Crippen LogP contribution is -2.30. The molecule has 2 rings (SSSR count). The Bertz CT molecular complexity index is 489. The molecule has 1 aliphatic rings. The van der Waals surface area contributed by atoms with E-state index in [-0.39, 0.29) is 5.91 Å². The van der Waals surface area contributed by atoms with Crippen molar-refractivity contribution in [2.24, 2.45) is 5.92 Å². The lowest BCUT2D eigenvalue weighted by Gasteiger charge is -2.15. The molecule has 1 aromatic carbocycles. The van der Waals surface area contributed by atoms with Crippen LogP contribution in [0.5, 0.6) is 0 Å². The highest BCUT2D eigenvalue weighted by molar-refractivity contribution is 6.31. The van der Waals surface area contributed by atoms with Gasteiger partial charge in [0.05, 0.1) is 5.92 Å². The zero-order valence-corrected chi connectivity index (χ0v) is 11.3. The van der Waals surface area contributed by atoms with E-state index < -0.39 is 11.9 Å². The third-order valence-electron chi connectivity index (χ3n) is 3.46. The van der Waals surface area contributed by atoms with Gasteiger partial charge in [-0.3, -0.25) is 9.59 Å². The van der Waals surface area contributed by atoms with Crippen LogP contribution in [0.1, 0.15) is 18.4 Å². The van der Waals surface area contributed by atoms with E-state index in [4.69, 9.17) is 16.7 Å². The number of carbonyl (C=O) groups is 2. The summed E-state index contributed by atoms with van der Waals surface area (Å²) in [7, 11) is 0. The van der Waals surface area contributed by atoms with Crippen molar-refractivity contribution in [3.8, 4) is 0 Å². The van der Waals surface area contributed by atoms with Gasteiger partial charge in [0.15, 0.2) is 0 Å². The summed E-state index contributed by atoms with van der Waals surface area (Å²) in [6.45, 7) is 0.870. The van der Waals surface area contributed by atoms with Gasteiger partial charge in [-0.2, -0.15) is 0 Å². The van der Waals surface area contributed by atoms with Crippen molar-refractivity contribution in [3.63, 3.8) is 0 Å². The van der Waals surface area contributed by atoms with Gasteiger partial charge in [0, 0.05) is 24.5 Å². The maximum Gasteiger partial charge on any atom is 0.308 e. The molecule has 4 nitrogen and oxygen atoms in total. The average Bonchev–Trinajstić information content (AvgIpc) is 2.87. The van der Waals surface area contributed by atoms with Crippen LogP contribution in [0.25, 0.3) is 0 Å². The van der Waals surface area contributed by atoms with E-state index in [0.29, 0.717) is 37.4 Å². The fourth-order valence-electron chi connectivity index (χ4n) is 2.29. The van der Waals surface area contributed by atoms with Gasteiger partial charge in [0.25, 0.3) is 0 Å². The van der Waals surface area contributed by atoms with Gasteiger partial charge in [-0.15, -0.1) is 0 Å². The number of hydrogen-bond donors (Lipinski definition) is 1. The Morgan fingerprint density at radius 2 is 2.11 bits per heavy atom. The summed E-state index contributed by atoms with van der Waals surface area (Å²) >= 11 is 6.03. The topological polar surface area (TPSA) is 57.6 Å². The third-order valence-corrected chi connectivity index (χ3v) is 3.82. The van der Waals surface area contributed by atoms with Crippen LogP contribution in [0.2, 0.25) is 5.02 Å². The van der Waals surface area contributed by atoms with E-state index in [1.165, 1.54) is 0 Å². The molecule has 0 aromatic heterocycles. The number of benzene rings is 1. The molecule has 1 amide bonds. The summed E-state index contributed by atoms with van der Waals surface area (Å²) in [5.41, 5.74) is 0.950. The summed E-state index contributed by atoms with van der Waals surface area (Å²) < 4.78 is 0. The number of likely N-dealkylation sites (tertiary alicyclic amines) is 1. The highest BCUT2D eigenvalue weighted by Gasteiger charge is 2.30. The molecule has 1 fully saturated rings. The SMILES string of the molecule is O=C(O)C1CCN(C(=O)CCc2ccccc2Cl)C1. The molecule has 19 heavy (non-hydrogen) atoms. The summed E-state index contributed by atoms with van der Waals surface area (Å²) in [6.07, 6.45) is 1.51. The molecule has 0 spiro atoms. The van der Waals surface area contributed by atoms with Crippen LogP contribution in [0.15, 0.2) is 24.3 Å². The molecule has 1 aromatic rings. The number of hydrogen-bond acceptors (Lipinski definition) is 2. The van der Waals surface area contributed by atoms with E-state index in [0.717, 1.165) is 5.56 Å². The summed E-state index contributed by atoms with van der Waals surface area (Å²) in [5, 5.41) is 9.57. The van der Waals surface area contributed by atoms with Crippen molar-refractivity contribution in [1.82, 2.24) is 4.90 Å². The summed E-state index contributed by atoms with van der Waals surface area (Å²) in [4.78, 5) is 24.5. The molecule has 1 atom stereocenters. The Kier molecular flexibility index (Phi) is 4.43. The number of rotatable bonds is 4. The molecule has 1 heterocycles. The second kappa shape index (κ2) is 6.06. The first-order valence-corrected chi connectivity index (χ1v) is 6.69. The first-order valence-electron chi connectivity index (χ1n) is 6.32. The molecule has 1 unspecified atom stereocenters. The van der Waals surface area contributed by atoms with Gasteiger partial charge < -0.3 is 10.0 Å². The predicted octanol–water partition coefficient (Wildman–Crippen LogP) is 2.21. The van der Waals surface area contributed by atoms with Gasteiger partial charge in [-0.1, -0.05) is 29.8 Å². The molecule has 1 N–H and O–H groups in total. The minimum absolute atomic E-state index is 0.00340. The standard InChI is InChI=1S/C14H16ClNO3/c15-12-4-2-1-3-10(12)5-6-13(17)16-8-7-11(9-16)14(18)19/h1-4,11H,5-9H2,(H,18,19). The molecular weight excluding hydrogens is 266 g/mol. The smallest absolute Gasteiger partial charge is 0.308 e. The van der Waals surface area contributed by atoms with Crippen molar-refractivity contribution in [1.29, 1.82) is 0 Å². The van der Waals surface area contributed by atoms with Crippen LogP contribution in [0.4, 0.5) is 0 Å². The monoisotopic (exact) mass is 281 g/mol. The Labute approximate surface area is 117 Å². The highest BCUT2D eigenvalue weighted by Crippen LogP contribution is 2.20. The molecule has 0 saturated carbocycles. The van der Waals surface area contributed by atoms with Crippen LogP contribution in [-0.4, -0.2) is 35.0 Å². The molecular formula is C14H16ClNO3. The minimum Gasteiger partial charge on any atom is -0.481 e. The average molecular weight is 282 g/mol. The van der Waals surface area contributed by atoms with Gasteiger partial charge in [0.1, 0.15) is 0 Å². The van der Waals surface area contributed by atoms with Crippen molar-refractivity contribution < 1.29 is 14.7 Å². The van der Waals surface area contributed by atoms with Crippen LogP contribution >= 0.6 is 11.6 Å². The zero-order chi connectivity index (χ0) is 13.8. The van der Waals surface area contributed by atoms with Gasteiger partial charge in [0.2, 0.25) is 5.91 Å². The first-order chi connectivity index (χ1) is 9.08. The minimum atomic E-state index is -0.818. The van der Waals surface area contributed by atoms with E-state index in [1.54, 1.807) is 11.0 Å². The van der Waals surface area contributed by atoms with Gasteiger partial charge >= 0.3 is 5.97 Å². The largest absolute Gasteiger partial charge is 0.481 e. The molecule has 0 bridgehead atoms. The van der Waals surface area contributed by atoms with Gasteiger partial charge in [-0.05, 0) is 24.5 Å². The van der Waals surface area contributed by atoms with Crippen molar-refractivity contribution in [3.05, 3.63) is 34.9 Å². The maximum absolute atomic E-state index is 12.0. The Morgan fingerprint density at radius 3 is 2.74 bits per heavy atom. The van der Waals surface area contributed by atoms with Crippen LogP contribution in [0.3, 0.4) is 0 Å². The van der Waals surface area contributed by atoms with Crippen molar-refractivity contribution in [2.45, 2.75) is 19.3 Å². The Hall–Kier alpha value is -1.55. The molecule has 1 saturated heterocycles. The predicted molar refractivity (Wildman–Crippen MR) is 72.1 cm³/mol. The number of halogens is 1. The molecule has 5 heteroatoms. The second-order valence-corrected chi connectivity index (χ2v) is 5.16. The fraction of sp³-hybridized carbons (Fsp3) is 0.429. The molecule has 0 aliphatic carbocycles. The fourth-order valence-corrected chi connectivity index (χ4v) is 2.52. The molecule has 0 radical (unpaired) electrons. The van der Waals surface area contributed by atoms with E-state index in [2.05, 4.69) is 0 Å². The first kappa shape index (κ1) is 13.9. The maximum atomic E-state index is 12.0. The van der Waals surface area contributed by atoms with Crippen LogP contribution in [0, 0.1) is 5.92 Å². The van der Waals surface area contributed by atoms with Crippen LogP contribution < -0.4 is 0 Å². The lowest BCUT2D eigenvalue weighted by molar-refractivity contribution is -0.141. The number of carbonyl (C=O) groups excluding carboxylic acids is 1. The number of carboxylic acids is 1. The van der Waals surface area contributed by atoms with Crippen LogP contribution in [-0.2, 0) is 16.0 Å². The summed E-state index contributed by atoms with van der Waals surface area (Å²) in [5.74, 6) is -1.23. The zero-order valence-electron chi connectivity index (χ0n) is 10.5. The number of aliphatic carboxylic acids is 1. The second-order valence-electron chi connectivity index (χ2n) is 4.75. The van der Waals surface area contributed by atoms with Gasteiger partial charge in [-0.25, -0.2) is 0 Å². The third kappa shape index (κ3) is 3.47. The summed E-state index contributed by atoms with van der Waals surface area (Å²) in [6, 6.07) is 7.45. The quantitative estimate of drug-likeness (QED) is 0.920. The lowest BCUT2D eigenvalue weighted by atomic mass is 10.1. The Balaban J connectivity index is 1.86. The molecule has 102 valence electrons. The highest BCUT2D eigenvalue weighted by atomic mass is 35.5. The number of aryl methyl sites for hydroxylation is 1. The van der Waals surface area contributed by atoms with Crippen molar-refractivity contribution in [2.75, 3.05) is 13.1 Å². The van der Waals surface area contributed by atoms with E-state index >= 15 is 0 Å². The van der Waals surface area contributed by atoms with Crippen molar-refractivity contribution >= 4 is 23.5 Å². The number of nitrogens with zero attached hydrogens (tertiary/aromatic N) is 1. The van der Waals surface area contributed by atoms with E-state index in [1.807, 2.05) is 18.2 Å². The number of amides is 1. The van der Waals surface area contributed by atoms with E-state index in [9.17, 15) is 9.59 Å². The number of carboxylic acid groups (broad SMARTS) is 1. The molecule has 1 aliphatic heterocycles. The Morgan fingerprint density at radius 1 is 1.37 bits per heavy atom. The normalized spacial score (nSPS) is 18.6.